The lowest BCUT2D eigenvalue weighted by atomic mass is 9.99. The molecule has 0 atom stereocenters. The fourth-order valence-electron chi connectivity index (χ4n) is 3.62. The van der Waals surface area contributed by atoms with Crippen molar-refractivity contribution in [1.29, 1.82) is 0 Å². The van der Waals surface area contributed by atoms with Crippen LogP contribution in [0.5, 0.6) is 5.75 Å². The van der Waals surface area contributed by atoms with Crippen LogP contribution in [0.1, 0.15) is 35.7 Å². The molecule has 3 aromatic rings. The van der Waals surface area contributed by atoms with Gasteiger partial charge in [0, 0.05) is 31.0 Å². The van der Waals surface area contributed by atoms with Crippen molar-refractivity contribution < 1.29 is 9.53 Å². The lowest BCUT2D eigenvalue weighted by Gasteiger charge is -2.30. The zero-order valence-electron chi connectivity index (χ0n) is 16.8. The van der Waals surface area contributed by atoms with Crippen LogP contribution in [0.25, 0.3) is 11.1 Å². The average molecular weight is 386 g/mol. The summed E-state index contributed by atoms with van der Waals surface area (Å²) in [6.07, 6.45) is 5.55. The minimum Gasteiger partial charge on any atom is -0.489 e. The van der Waals surface area contributed by atoms with Gasteiger partial charge in [0.1, 0.15) is 12.4 Å². The number of hydrogen-bond acceptors (Lipinski definition) is 3. The summed E-state index contributed by atoms with van der Waals surface area (Å²) in [4.78, 5) is 18.9. The van der Waals surface area contributed by atoms with Crippen LogP contribution in [0.3, 0.4) is 0 Å². The first-order valence-electron chi connectivity index (χ1n) is 10.2. The van der Waals surface area contributed by atoms with E-state index in [2.05, 4.69) is 36.2 Å². The Hall–Kier alpha value is -3.14. The number of pyridine rings is 1. The number of ether oxygens (including phenoxy) is 1. The first-order chi connectivity index (χ1) is 14.2. The lowest BCUT2D eigenvalue weighted by molar-refractivity contribution is 0.0696. The molecule has 0 spiro atoms. The van der Waals surface area contributed by atoms with E-state index in [4.69, 9.17) is 4.74 Å². The summed E-state index contributed by atoms with van der Waals surface area (Å²) in [5, 5.41) is 0. The van der Waals surface area contributed by atoms with Crippen LogP contribution in [-0.4, -0.2) is 28.9 Å². The van der Waals surface area contributed by atoms with Crippen LogP contribution in [0.2, 0.25) is 0 Å². The fourth-order valence-corrected chi connectivity index (χ4v) is 3.62. The first kappa shape index (κ1) is 19.2. The molecule has 1 amide bonds. The Kier molecular flexibility index (Phi) is 5.89. The molecule has 0 bridgehead atoms. The molecule has 4 rings (SSSR count). The van der Waals surface area contributed by atoms with Crippen LogP contribution in [0, 0.1) is 5.92 Å². The number of carbonyl (C=O) groups is 1. The van der Waals surface area contributed by atoms with E-state index >= 15 is 0 Å². The van der Waals surface area contributed by atoms with Gasteiger partial charge in [0.2, 0.25) is 0 Å². The maximum Gasteiger partial charge on any atom is 0.255 e. The van der Waals surface area contributed by atoms with E-state index in [1.54, 1.807) is 12.4 Å². The van der Waals surface area contributed by atoms with Gasteiger partial charge in [-0.05, 0) is 48.1 Å². The van der Waals surface area contributed by atoms with Crippen LogP contribution in [-0.2, 0) is 6.61 Å². The molecular weight excluding hydrogens is 360 g/mol. The Labute approximate surface area is 172 Å². The van der Waals surface area contributed by atoms with Crippen LogP contribution in [0.4, 0.5) is 0 Å². The van der Waals surface area contributed by atoms with Gasteiger partial charge < -0.3 is 9.64 Å². The minimum absolute atomic E-state index is 0.0680. The second-order valence-electron chi connectivity index (χ2n) is 7.74. The summed E-state index contributed by atoms with van der Waals surface area (Å²) in [6, 6.07) is 20.2. The highest BCUT2D eigenvalue weighted by atomic mass is 16.5. The van der Waals surface area contributed by atoms with Gasteiger partial charge in [-0.3, -0.25) is 9.78 Å². The van der Waals surface area contributed by atoms with E-state index < -0.39 is 0 Å². The summed E-state index contributed by atoms with van der Waals surface area (Å²) < 4.78 is 5.91. The van der Waals surface area contributed by atoms with Crippen molar-refractivity contribution in [3.63, 3.8) is 0 Å². The zero-order chi connectivity index (χ0) is 20.1. The molecule has 0 radical (unpaired) electrons. The lowest BCUT2D eigenvalue weighted by Crippen LogP contribution is -2.38. The molecule has 1 saturated heterocycles. The van der Waals surface area contributed by atoms with Crippen molar-refractivity contribution >= 4 is 5.91 Å². The second kappa shape index (κ2) is 8.91. The number of hydrogen-bond donors (Lipinski definition) is 0. The summed E-state index contributed by atoms with van der Waals surface area (Å²) in [5.41, 5.74) is 3.87. The van der Waals surface area contributed by atoms with Gasteiger partial charge in [-0.2, -0.15) is 0 Å². The maximum atomic E-state index is 12.8. The number of likely N-dealkylation sites (tertiary alicyclic amines) is 1. The van der Waals surface area contributed by atoms with Crippen molar-refractivity contribution in [3.05, 3.63) is 84.2 Å². The molecule has 2 aromatic carbocycles. The summed E-state index contributed by atoms with van der Waals surface area (Å²) in [5.74, 6) is 1.56. The Balaban J connectivity index is 1.38. The van der Waals surface area contributed by atoms with Gasteiger partial charge >= 0.3 is 0 Å². The molecule has 0 aliphatic carbocycles. The minimum atomic E-state index is 0.0680. The topological polar surface area (TPSA) is 42.4 Å². The zero-order valence-corrected chi connectivity index (χ0v) is 16.8. The molecular formula is C25H26N2O2. The van der Waals surface area contributed by atoms with Gasteiger partial charge in [0.15, 0.2) is 0 Å². The number of carbonyl (C=O) groups excluding carboxylic acids is 1. The highest BCUT2D eigenvalue weighted by Gasteiger charge is 2.21. The van der Waals surface area contributed by atoms with Crippen molar-refractivity contribution in [2.75, 3.05) is 13.1 Å². The molecule has 0 N–H and O–H groups in total. The number of aromatic nitrogens is 1. The maximum absolute atomic E-state index is 12.8. The SMILES string of the molecule is CC1CCN(C(=O)c2cncc(COc3ccc(-c4ccccc4)cc3)c2)CC1. The van der Waals surface area contributed by atoms with E-state index in [-0.39, 0.29) is 5.91 Å². The van der Waals surface area contributed by atoms with Gasteiger partial charge in [0.25, 0.3) is 5.91 Å². The van der Waals surface area contributed by atoms with E-state index in [9.17, 15) is 4.79 Å². The van der Waals surface area contributed by atoms with Gasteiger partial charge in [0.05, 0.1) is 5.56 Å². The molecule has 2 heterocycles. The van der Waals surface area contributed by atoms with Gasteiger partial charge in [-0.1, -0.05) is 49.4 Å². The molecule has 4 nitrogen and oxygen atoms in total. The number of nitrogens with zero attached hydrogens (tertiary/aromatic N) is 2. The quantitative estimate of drug-likeness (QED) is 0.605. The number of amides is 1. The van der Waals surface area contributed by atoms with Crippen molar-refractivity contribution in [1.82, 2.24) is 9.88 Å². The molecule has 148 valence electrons. The number of benzene rings is 2. The van der Waals surface area contributed by atoms with Gasteiger partial charge in [-0.25, -0.2) is 0 Å². The Morgan fingerprint density at radius 2 is 1.69 bits per heavy atom. The average Bonchev–Trinajstić information content (AvgIpc) is 2.79. The summed E-state index contributed by atoms with van der Waals surface area (Å²) in [7, 11) is 0. The van der Waals surface area contributed by atoms with Gasteiger partial charge in [-0.15, -0.1) is 0 Å². The van der Waals surface area contributed by atoms with Crippen LogP contribution < -0.4 is 4.74 Å². The van der Waals surface area contributed by atoms with Crippen molar-refractivity contribution in [2.45, 2.75) is 26.4 Å². The predicted molar refractivity (Wildman–Crippen MR) is 115 cm³/mol. The highest BCUT2D eigenvalue weighted by molar-refractivity contribution is 5.94. The molecule has 1 aliphatic rings. The molecule has 1 fully saturated rings. The largest absolute Gasteiger partial charge is 0.489 e. The molecule has 0 saturated carbocycles. The third kappa shape index (κ3) is 4.83. The molecule has 29 heavy (non-hydrogen) atoms. The standard InChI is InChI=1S/C25H26N2O2/c1-19-11-13-27(14-12-19)25(28)23-15-20(16-26-17-23)18-29-24-9-7-22(8-10-24)21-5-3-2-4-6-21/h2-10,15-17,19H,11-14,18H2,1H3. The van der Waals surface area contributed by atoms with Crippen LogP contribution >= 0.6 is 0 Å². The molecule has 1 aliphatic heterocycles. The summed E-state index contributed by atoms with van der Waals surface area (Å²) in [6.45, 7) is 4.28. The first-order valence-corrected chi connectivity index (χ1v) is 10.2. The van der Waals surface area contributed by atoms with E-state index in [1.165, 1.54) is 5.56 Å². The van der Waals surface area contributed by atoms with E-state index in [0.29, 0.717) is 18.1 Å². The molecule has 0 unspecified atom stereocenters. The Morgan fingerprint density at radius 3 is 2.41 bits per heavy atom. The van der Waals surface area contributed by atoms with Crippen LogP contribution in [0.15, 0.2) is 73.1 Å². The predicted octanol–water partition coefficient (Wildman–Crippen LogP) is 5.20. The monoisotopic (exact) mass is 386 g/mol. The molecule has 4 heteroatoms. The Morgan fingerprint density at radius 1 is 1.00 bits per heavy atom. The van der Waals surface area contributed by atoms with Crippen molar-refractivity contribution in [3.8, 4) is 16.9 Å². The van der Waals surface area contributed by atoms with Crippen molar-refractivity contribution in [2.24, 2.45) is 5.92 Å². The number of rotatable bonds is 5. The summed E-state index contributed by atoms with van der Waals surface area (Å²) >= 11 is 0. The fraction of sp³-hybridized carbons (Fsp3) is 0.280. The van der Waals surface area contributed by atoms with E-state index in [0.717, 1.165) is 42.8 Å². The normalized spacial score (nSPS) is 14.6. The second-order valence-corrected chi connectivity index (χ2v) is 7.74. The highest BCUT2D eigenvalue weighted by Crippen LogP contribution is 2.23. The Bertz CT molecular complexity index is 946. The smallest absolute Gasteiger partial charge is 0.255 e. The third-order valence-electron chi connectivity index (χ3n) is 5.48. The third-order valence-corrected chi connectivity index (χ3v) is 5.48. The molecule has 1 aromatic heterocycles. The number of piperidine rings is 1. The van der Waals surface area contributed by atoms with E-state index in [1.807, 2.05) is 41.3 Å².